The van der Waals surface area contributed by atoms with Gasteiger partial charge in [-0.3, -0.25) is 4.90 Å². The molecule has 0 radical (unpaired) electrons. The third-order valence-corrected chi connectivity index (χ3v) is 6.63. The summed E-state index contributed by atoms with van der Waals surface area (Å²) in [5.41, 5.74) is -0.0898. The van der Waals surface area contributed by atoms with Crippen molar-refractivity contribution < 1.29 is 54.1 Å². The van der Waals surface area contributed by atoms with Crippen LogP contribution >= 0.6 is 0 Å². The molecule has 5 atom stereocenters. The summed E-state index contributed by atoms with van der Waals surface area (Å²) in [5.74, 6) is -2.24. The molecule has 194 valence electrons. The maximum absolute atomic E-state index is 13.1. The van der Waals surface area contributed by atoms with Crippen LogP contribution in [0.15, 0.2) is 0 Å². The van der Waals surface area contributed by atoms with Gasteiger partial charge in [-0.15, -0.1) is 0 Å². The minimum atomic E-state index is -1.58. The third kappa shape index (κ3) is 4.34. The molecule has 0 bridgehead atoms. The molecule has 3 aliphatic heterocycles. The zero-order valence-electron chi connectivity index (χ0n) is 19.4. The molecular formula is C22H30N2O11. The highest BCUT2D eigenvalue weighted by atomic mass is 16.6. The van der Waals surface area contributed by atoms with Crippen molar-refractivity contribution in [2.24, 2.45) is 0 Å². The first-order valence-electron chi connectivity index (χ1n) is 11.4. The Morgan fingerprint density at radius 3 is 2.40 bits per heavy atom. The van der Waals surface area contributed by atoms with Gasteiger partial charge in [0.1, 0.15) is 24.4 Å². The number of ether oxygens (including phenoxy) is 4. The van der Waals surface area contributed by atoms with E-state index >= 15 is 0 Å². The molecule has 2 fully saturated rings. The van der Waals surface area contributed by atoms with Crippen molar-refractivity contribution in [2.75, 3.05) is 46.5 Å². The van der Waals surface area contributed by atoms with E-state index in [1.165, 1.54) is 7.11 Å². The van der Waals surface area contributed by atoms with E-state index in [1.807, 2.05) is 4.90 Å². The minimum absolute atomic E-state index is 0.0581. The lowest BCUT2D eigenvalue weighted by Gasteiger charge is -2.45. The first-order valence-corrected chi connectivity index (χ1v) is 11.4. The number of fused-ring (bicyclic) bond motifs is 3. The predicted octanol–water partition coefficient (Wildman–Crippen LogP) is -0.926. The van der Waals surface area contributed by atoms with E-state index < -0.39 is 60.7 Å². The van der Waals surface area contributed by atoms with Crippen molar-refractivity contribution in [3.8, 4) is 17.2 Å². The largest absolute Gasteiger partial charge is 0.504 e. The van der Waals surface area contributed by atoms with Gasteiger partial charge in [-0.1, -0.05) is 0 Å². The number of aliphatic hydroxyl groups excluding tert-OH is 3. The first kappa shape index (κ1) is 25.3. The third-order valence-electron chi connectivity index (χ3n) is 6.63. The number of aromatic hydroxyl groups is 2. The lowest BCUT2D eigenvalue weighted by atomic mass is 9.84. The molecule has 0 saturated carbocycles. The van der Waals surface area contributed by atoms with Gasteiger partial charge in [-0.25, -0.2) is 9.59 Å². The summed E-state index contributed by atoms with van der Waals surface area (Å²) in [7, 11) is 1.23. The lowest BCUT2D eigenvalue weighted by molar-refractivity contribution is -0.235. The number of esters is 1. The van der Waals surface area contributed by atoms with E-state index in [-0.39, 0.29) is 35.6 Å². The second-order valence-corrected chi connectivity index (χ2v) is 8.59. The predicted molar refractivity (Wildman–Crippen MR) is 116 cm³/mol. The molecule has 35 heavy (non-hydrogen) atoms. The Labute approximate surface area is 201 Å². The van der Waals surface area contributed by atoms with Crippen LogP contribution in [0.4, 0.5) is 4.79 Å². The van der Waals surface area contributed by atoms with Gasteiger partial charge >= 0.3 is 12.1 Å². The number of aliphatic hydroxyl groups is 3. The van der Waals surface area contributed by atoms with Crippen LogP contribution in [0.25, 0.3) is 0 Å². The van der Waals surface area contributed by atoms with Crippen molar-refractivity contribution in [1.82, 2.24) is 9.80 Å². The molecule has 13 heteroatoms. The smallest absolute Gasteiger partial charge is 0.409 e. The molecule has 3 aliphatic rings. The van der Waals surface area contributed by atoms with Gasteiger partial charge in [0.25, 0.3) is 0 Å². The second kappa shape index (κ2) is 10.0. The fourth-order valence-corrected chi connectivity index (χ4v) is 4.79. The molecule has 3 heterocycles. The van der Waals surface area contributed by atoms with Gasteiger partial charge in [-0.2, -0.15) is 0 Å². The molecule has 4 rings (SSSR count). The van der Waals surface area contributed by atoms with Crippen molar-refractivity contribution in [1.29, 1.82) is 0 Å². The van der Waals surface area contributed by atoms with E-state index in [0.717, 1.165) is 0 Å². The molecule has 0 aliphatic carbocycles. The van der Waals surface area contributed by atoms with Gasteiger partial charge in [0.2, 0.25) is 5.75 Å². The number of phenolic OH excluding ortho intramolecular Hbond substituents is 2. The molecule has 1 amide bonds. The Balaban J connectivity index is 1.69. The van der Waals surface area contributed by atoms with Crippen LogP contribution < -0.4 is 4.74 Å². The summed E-state index contributed by atoms with van der Waals surface area (Å²) in [4.78, 5) is 28.5. The van der Waals surface area contributed by atoms with E-state index in [9.17, 15) is 35.1 Å². The summed E-state index contributed by atoms with van der Waals surface area (Å²) < 4.78 is 21.3. The molecule has 0 unspecified atom stereocenters. The normalized spacial score (nSPS) is 28.7. The van der Waals surface area contributed by atoms with Crippen molar-refractivity contribution in [2.45, 2.75) is 44.0 Å². The van der Waals surface area contributed by atoms with Crippen LogP contribution in [0.3, 0.4) is 0 Å². The summed E-state index contributed by atoms with van der Waals surface area (Å²) in [5, 5.41) is 52.1. The highest BCUT2D eigenvalue weighted by molar-refractivity contribution is 5.97. The average Bonchev–Trinajstić information content (AvgIpc) is 2.84. The van der Waals surface area contributed by atoms with E-state index in [1.54, 1.807) is 11.8 Å². The molecule has 1 aromatic carbocycles. The maximum atomic E-state index is 13.1. The second-order valence-electron chi connectivity index (χ2n) is 8.59. The molecule has 13 nitrogen and oxygen atoms in total. The summed E-state index contributed by atoms with van der Waals surface area (Å²) >= 11 is 0. The number of amides is 1. The molecular weight excluding hydrogens is 468 g/mol. The quantitative estimate of drug-likeness (QED) is 0.316. The summed E-state index contributed by atoms with van der Waals surface area (Å²) in [6.07, 6.45) is -7.30. The molecule has 0 spiro atoms. The van der Waals surface area contributed by atoms with Crippen molar-refractivity contribution in [3.63, 3.8) is 0 Å². The highest BCUT2D eigenvalue weighted by Gasteiger charge is 2.53. The molecule has 0 aromatic heterocycles. The van der Waals surface area contributed by atoms with Gasteiger partial charge < -0.3 is 49.4 Å². The van der Waals surface area contributed by atoms with Crippen LogP contribution in [0, 0.1) is 0 Å². The van der Waals surface area contributed by atoms with E-state index in [0.29, 0.717) is 26.2 Å². The van der Waals surface area contributed by atoms with Crippen LogP contribution in [-0.2, 0) is 20.8 Å². The van der Waals surface area contributed by atoms with Gasteiger partial charge in [0.05, 0.1) is 25.9 Å². The van der Waals surface area contributed by atoms with Crippen LogP contribution in [0.1, 0.15) is 34.5 Å². The number of carbonyl (C=O) groups is 2. The van der Waals surface area contributed by atoms with Crippen molar-refractivity contribution >= 4 is 12.1 Å². The Kier molecular flexibility index (Phi) is 7.24. The standard InChI is InChI=1S/C22H30N2O11/c1-3-33-22(31)24-6-4-23(5-7-24)8-10-12-13(16(28)19(32-2)14(10)26)18-20(35-21(12)30)17(29)15(27)11(9-25)34-18/h11,15,17-18,20,25-29H,3-9H2,1-2H3/t11-,15-,17+,18+,20-/m1/s1. The maximum Gasteiger partial charge on any atom is 0.409 e. The zero-order chi connectivity index (χ0) is 25.4. The zero-order valence-corrected chi connectivity index (χ0v) is 19.4. The van der Waals surface area contributed by atoms with E-state index in [4.69, 9.17) is 18.9 Å². The lowest BCUT2D eigenvalue weighted by Crippen LogP contribution is -2.58. The SMILES string of the molecule is CCOC(=O)N1CCN(Cc2c(O)c(OC)c(O)c3c2C(=O)O[C@@H]2[C@@H](O)[C@H](O)[C@@H](CO)O[C@@H]32)CC1. The van der Waals surface area contributed by atoms with Crippen molar-refractivity contribution in [3.05, 3.63) is 16.7 Å². The number of benzene rings is 1. The summed E-state index contributed by atoms with van der Waals surface area (Å²) in [6.45, 7) is 3.01. The molecule has 2 saturated heterocycles. The Morgan fingerprint density at radius 2 is 1.80 bits per heavy atom. The number of piperazine rings is 1. The van der Waals surface area contributed by atoms with Crippen LogP contribution in [-0.4, -0.2) is 118 Å². The number of rotatable bonds is 5. The first-order chi connectivity index (χ1) is 16.7. The number of nitrogens with zero attached hydrogens (tertiary/aromatic N) is 2. The Morgan fingerprint density at radius 1 is 1.11 bits per heavy atom. The molecule has 5 N–H and O–H groups in total. The number of hydrogen-bond donors (Lipinski definition) is 5. The van der Waals surface area contributed by atoms with Gasteiger partial charge in [0.15, 0.2) is 17.6 Å². The Hall–Kier alpha value is -2.84. The Bertz CT molecular complexity index is 979. The highest BCUT2D eigenvalue weighted by Crippen LogP contribution is 2.52. The number of carbonyl (C=O) groups excluding carboxylic acids is 2. The number of methoxy groups -OCH3 is 1. The molecule has 1 aromatic rings. The van der Waals surface area contributed by atoms with Gasteiger partial charge in [0, 0.05) is 43.9 Å². The fraction of sp³-hybridized carbons (Fsp3) is 0.636. The number of phenols is 2. The van der Waals surface area contributed by atoms with Gasteiger partial charge in [-0.05, 0) is 6.92 Å². The topological polar surface area (TPSA) is 179 Å². The van der Waals surface area contributed by atoms with Crippen LogP contribution in [0.5, 0.6) is 17.2 Å². The minimum Gasteiger partial charge on any atom is -0.504 e. The fourth-order valence-electron chi connectivity index (χ4n) is 4.79. The van der Waals surface area contributed by atoms with Crippen LogP contribution in [0.2, 0.25) is 0 Å². The number of hydrogen-bond acceptors (Lipinski definition) is 12. The average molecular weight is 498 g/mol. The van der Waals surface area contributed by atoms with E-state index in [2.05, 4.69) is 0 Å². The summed E-state index contributed by atoms with van der Waals surface area (Å²) in [6, 6.07) is 0. The monoisotopic (exact) mass is 498 g/mol.